The summed E-state index contributed by atoms with van der Waals surface area (Å²) >= 11 is 0. The molecule has 0 bridgehead atoms. The van der Waals surface area contributed by atoms with Crippen molar-refractivity contribution < 1.29 is 8.78 Å². The standard InChI is InChI=1S/C18H16F2N4/c19-15-10-14-2-1-9-23(18(14)16(20)11-15)12-24-17(5-8-22-24)13-3-6-21-7-4-13/h3-8,10-11H,1-2,9,12H2. The number of rotatable bonds is 3. The lowest BCUT2D eigenvalue weighted by Gasteiger charge is -2.32. The van der Waals surface area contributed by atoms with Crippen LogP contribution < -0.4 is 4.90 Å². The van der Waals surface area contributed by atoms with Crippen molar-refractivity contribution in [1.82, 2.24) is 14.8 Å². The van der Waals surface area contributed by atoms with Crippen LogP contribution in [0.2, 0.25) is 0 Å². The van der Waals surface area contributed by atoms with E-state index in [1.54, 1.807) is 18.6 Å². The molecule has 6 heteroatoms. The van der Waals surface area contributed by atoms with Crippen LogP contribution in [0.25, 0.3) is 11.3 Å². The highest BCUT2D eigenvalue weighted by molar-refractivity contribution is 5.59. The number of aryl methyl sites for hydroxylation is 1. The molecule has 2 aromatic heterocycles. The molecule has 4 rings (SSSR count). The van der Waals surface area contributed by atoms with Crippen molar-refractivity contribution in [2.24, 2.45) is 0 Å². The molecule has 0 unspecified atom stereocenters. The van der Waals surface area contributed by atoms with Crippen LogP contribution in [-0.2, 0) is 13.1 Å². The van der Waals surface area contributed by atoms with Gasteiger partial charge in [-0.25, -0.2) is 13.5 Å². The molecule has 0 spiro atoms. The van der Waals surface area contributed by atoms with Crippen LogP contribution >= 0.6 is 0 Å². The summed E-state index contributed by atoms with van der Waals surface area (Å²) in [7, 11) is 0. The second-order valence-electron chi connectivity index (χ2n) is 5.86. The van der Waals surface area contributed by atoms with Crippen LogP contribution in [0.3, 0.4) is 0 Å². The molecule has 1 aromatic carbocycles. The van der Waals surface area contributed by atoms with E-state index < -0.39 is 11.6 Å². The fourth-order valence-corrected chi connectivity index (χ4v) is 3.25. The van der Waals surface area contributed by atoms with Gasteiger partial charge in [0.1, 0.15) is 18.3 Å². The number of pyridine rings is 1. The zero-order valence-electron chi connectivity index (χ0n) is 13.0. The van der Waals surface area contributed by atoms with Gasteiger partial charge in [0.05, 0.1) is 11.4 Å². The molecule has 0 saturated carbocycles. The van der Waals surface area contributed by atoms with Crippen molar-refractivity contribution in [2.45, 2.75) is 19.5 Å². The molecule has 1 aliphatic rings. The first kappa shape index (κ1) is 14.8. The Bertz CT molecular complexity index is 861. The maximum atomic E-state index is 14.3. The quantitative estimate of drug-likeness (QED) is 0.737. The summed E-state index contributed by atoms with van der Waals surface area (Å²) in [5.74, 6) is -1.04. The monoisotopic (exact) mass is 326 g/mol. The predicted octanol–water partition coefficient (Wildman–Crippen LogP) is 3.63. The fourth-order valence-electron chi connectivity index (χ4n) is 3.25. The largest absolute Gasteiger partial charge is 0.349 e. The number of halogens is 2. The number of anilines is 1. The van der Waals surface area contributed by atoms with Crippen molar-refractivity contribution in [2.75, 3.05) is 11.4 Å². The Kier molecular flexibility index (Phi) is 3.72. The Morgan fingerprint density at radius 1 is 1.04 bits per heavy atom. The van der Waals surface area contributed by atoms with E-state index in [1.807, 2.05) is 27.8 Å². The molecular formula is C18H16F2N4. The Labute approximate surface area is 138 Å². The van der Waals surface area contributed by atoms with Crippen LogP contribution in [0, 0.1) is 11.6 Å². The molecule has 0 amide bonds. The van der Waals surface area contributed by atoms with Crippen LogP contribution in [0.15, 0.2) is 48.9 Å². The molecule has 0 radical (unpaired) electrons. The van der Waals surface area contributed by atoms with Gasteiger partial charge in [0.25, 0.3) is 0 Å². The molecule has 0 fully saturated rings. The molecule has 3 aromatic rings. The van der Waals surface area contributed by atoms with Gasteiger partial charge in [0.2, 0.25) is 0 Å². The highest BCUT2D eigenvalue weighted by Crippen LogP contribution is 2.32. The molecule has 0 aliphatic carbocycles. The third-order valence-electron chi connectivity index (χ3n) is 4.29. The number of nitrogens with zero attached hydrogens (tertiary/aromatic N) is 4. The summed E-state index contributed by atoms with van der Waals surface area (Å²) in [5, 5.41) is 4.36. The topological polar surface area (TPSA) is 34.0 Å². The second-order valence-corrected chi connectivity index (χ2v) is 5.86. The fraction of sp³-hybridized carbons (Fsp3) is 0.222. The maximum absolute atomic E-state index is 14.3. The molecule has 3 heterocycles. The van der Waals surface area contributed by atoms with Crippen molar-refractivity contribution >= 4 is 5.69 Å². The SMILES string of the molecule is Fc1cc(F)c2c(c1)CCCN2Cn1nccc1-c1ccncc1. The molecule has 24 heavy (non-hydrogen) atoms. The Morgan fingerprint density at radius 2 is 1.88 bits per heavy atom. The van der Waals surface area contributed by atoms with E-state index in [2.05, 4.69) is 10.1 Å². The number of fused-ring (bicyclic) bond motifs is 1. The minimum absolute atomic E-state index is 0.417. The van der Waals surface area contributed by atoms with Gasteiger partial charge in [0, 0.05) is 36.8 Å². The van der Waals surface area contributed by atoms with E-state index in [-0.39, 0.29) is 0 Å². The number of hydrogen-bond acceptors (Lipinski definition) is 3. The van der Waals surface area contributed by atoms with Gasteiger partial charge in [-0.1, -0.05) is 0 Å². The van der Waals surface area contributed by atoms with E-state index in [9.17, 15) is 8.78 Å². The van der Waals surface area contributed by atoms with Gasteiger partial charge in [0.15, 0.2) is 0 Å². The average Bonchev–Trinajstić information content (AvgIpc) is 3.03. The van der Waals surface area contributed by atoms with Crippen molar-refractivity contribution in [3.05, 3.63) is 66.1 Å². The van der Waals surface area contributed by atoms with E-state index >= 15 is 0 Å². The third kappa shape index (κ3) is 2.64. The first-order chi connectivity index (χ1) is 11.7. The zero-order valence-corrected chi connectivity index (χ0v) is 13.0. The first-order valence-corrected chi connectivity index (χ1v) is 7.87. The summed E-state index contributed by atoms with van der Waals surface area (Å²) in [5.41, 5.74) is 3.14. The van der Waals surface area contributed by atoms with E-state index in [0.29, 0.717) is 25.3 Å². The lowest BCUT2D eigenvalue weighted by atomic mass is 10.0. The summed E-state index contributed by atoms with van der Waals surface area (Å²) in [6, 6.07) is 8.11. The molecule has 0 N–H and O–H groups in total. The van der Waals surface area contributed by atoms with Crippen molar-refractivity contribution in [3.63, 3.8) is 0 Å². The van der Waals surface area contributed by atoms with Crippen LogP contribution in [-0.4, -0.2) is 21.3 Å². The molecular weight excluding hydrogens is 310 g/mol. The van der Waals surface area contributed by atoms with Gasteiger partial charge < -0.3 is 4.90 Å². The Balaban J connectivity index is 1.68. The average molecular weight is 326 g/mol. The van der Waals surface area contributed by atoms with Crippen molar-refractivity contribution in [3.8, 4) is 11.3 Å². The number of hydrogen-bond donors (Lipinski definition) is 0. The molecule has 4 nitrogen and oxygen atoms in total. The molecule has 0 atom stereocenters. The summed E-state index contributed by atoms with van der Waals surface area (Å²) in [6.45, 7) is 1.13. The lowest BCUT2D eigenvalue weighted by Crippen LogP contribution is -2.33. The zero-order chi connectivity index (χ0) is 16.5. The van der Waals surface area contributed by atoms with E-state index in [1.165, 1.54) is 6.07 Å². The molecule has 1 aliphatic heterocycles. The van der Waals surface area contributed by atoms with Gasteiger partial charge in [-0.3, -0.25) is 4.98 Å². The van der Waals surface area contributed by atoms with Crippen molar-refractivity contribution in [1.29, 1.82) is 0 Å². The van der Waals surface area contributed by atoms with Gasteiger partial charge >= 0.3 is 0 Å². The van der Waals surface area contributed by atoms with Crippen LogP contribution in [0.1, 0.15) is 12.0 Å². The normalized spacial score (nSPS) is 13.8. The molecule has 122 valence electrons. The summed E-state index contributed by atoms with van der Waals surface area (Å²) in [4.78, 5) is 5.95. The highest BCUT2D eigenvalue weighted by atomic mass is 19.1. The highest BCUT2D eigenvalue weighted by Gasteiger charge is 2.23. The smallest absolute Gasteiger partial charge is 0.149 e. The Morgan fingerprint density at radius 3 is 2.71 bits per heavy atom. The van der Waals surface area contributed by atoms with Gasteiger partial charge in [-0.2, -0.15) is 5.10 Å². The number of benzene rings is 1. The second kappa shape index (κ2) is 6.03. The predicted molar refractivity (Wildman–Crippen MR) is 87.5 cm³/mol. The van der Waals surface area contributed by atoms with E-state index in [4.69, 9.17) is 0 Å². The van der Waals surface area contributed by atoms with Crippen LogP contribution in [0.4, 0.5) is 14.5 Å². The van der Waals surface area contributed by atoms with E-state index in [0.717, 1.165) is 29.3 Å². The Hall–Kier alpha value is -2.76. The third-order valence-corrected chi connectivity index (χ3v) is 4.29. The lowest BCUT2D eigenvalue weighted by molar-refractivity contribution is 0.524. The first-order valence-electron chi connectivity index (χ1n) is 7.87. The van der Waals surface area contributed by atoms with Crippen LogP contribution in [0.5, 0.6) is 0 Å². The van der Waals surface area contributed by atoms with Gasteiger partial charge in [-0.05, 0) is 42.7 Å². The molecule has 0 saturated heterocycles. The maximum Gasteiger partial charge on any atom is 0.149 e. The minimum atomic E-state index is -0.523. The van der Waals surface area contributed by atoms with Gasteiger partial charge in [-0.15, -0.1) is 0 Å². The number of aromatic nitrogens is 3. The summed E-state index contributed by atoms with van der Waals surface area (Å²) < 4.78 is 29.6. The summed E-state index contributed by atoms with van der Waals surface area (Å²) in [6.07, 6.45) is 6.73. The minimum Gasteiger partial charge on any atom is -0.349 e.